The third-order valence-corrected chi connectivity index (χ3v) is 8.55. The molecule has 9 heteroatoms. The molecule has 3 saturated heterocycles. The Labute approximate surface area is 184 Å². The Morgan fingerprint density at radius 3 is 2.35 bits per heavy atom. The zero-order valence-electron chi connectivity index (χ0n) is 18.0. The van der Waals surface area contributed by atoms with Gasteiger partial charge in [-0.2, -0.15) is 4.31 Å². The Hall–Kier alpha value is -1.55. The average molecular weight is 454 g/mol. The second-order valence-corrected chi connectivity index (χ2v) is 10.7. The predicted octanol–water partition coefficient (Wildman–Crippen LogP) is 2.18. The van der Waals surface area contributed by atoms with E-state index < -0.39 is 15.8 Å². The van der Waals surface area contributed by atoms with Crippen molar-refractivity contribution in [1.29, 1.82) is 0 Å². The summed E-state index contributed by atoms with van der Waals surface area (Å²) in [6, 6.07) is 3.73. The number of hydrogen-bond donors (Lipinski definition) is 0. The van der Waals surface area contributed by atoms with Crippen molar-refractivity contribution in [3.05, 3.63) is 29.6 Å². The molecule has 1 aromatic carbocycles. The van der Waals surface area contributed by atoms with Gasteiger partial charge in [0.2, 0.25) is 10.0 Å². The molecule has 3 aliphatic rings. The van der Waals surface area contributed by atoms with E-state index in [0.717, 1.165) is 71.0 Å². The summed E-state index contributed by atoms with van der Waals surface area (Å²) in [4.78, 5) is 16.8. The topological polar surface area (TPSA) is 70.2 Å². The standard InChI is InChI=1S/C22H32FN3O4S/c23-20-5-4-19(16-21(20)31(28,29)26-8-2-1-3-9-26)22(27)25-10-6-18(7-11-25)17-24-12-14-30-15-13-24/h4-5,16,18H,1-3,6-15,17H2. The van der Waals surface area contributed by atoms with Crippen LogP contribution in [0.15, 0.2) is 23.1 Å². The van der Waals surface area contributed by atoms with Gasteiger partial charge in [-0.25, -0.2) is 12.8 Å². The van der Waals surface area contributed by atoms with Crippen LogP contribution in [0.3, 0.4) is 0 Å². The van der Waals surface area contributed by atoms with Crippen LogP contribution in [0.25, 0.3) is 0 Å². The van der Waals surface area contributed by atoms with Gasteiger partial charge >= 0.3 is 0 Å². The number of rotatable bonds is 5. The third-order valence-electron chi connectivity index (χ3n) is 6.63. The average Bonchev–Trinajstić information content (AvgIpc) is 2.80. The molecule has 0 bridgehead atoms. The van der Waals surface area contributed by atoms with E-state index in [-0.39, 0.29) is 16.4 Å². The number of amides is 1. The van der Waals surface area contributed by atoms with E-state index in [9.17, 15) is 17.6 Å². The lowest BCUT2D eigenvalue weighted by Gasteiger charge is -2.36. The van der Waals surface area contributed by atoms with E-state index in [4.69, 9.17) is 4.74 Å². The second kappa shape index (κ2) is 9.94. The molecule has 4 rings (SSSR count). The van der Waals surface area contributed by atoms with E-state index in [1.165, 1.54) is 16.4 Å². The normalized spacial score (nSPS) is 22.5. The first kappa shape index (κ1) is 22.6. The Bertz CT molecular complexity index is 875. The van der Waals surface area contributed by atoms with Crippen molar-refractivity contribution < 1.29 is 22.3 Å². The van der Waals surface area contributed by atoms with E-state index in [1.54, 1.807) is 4.90 Å². The van der Waals surface area contributed by atoms with Gasteiger partial charge in [-0.15, -0.1) is 0 Å². The summed E-state index contributed by atoms with van der Waals surface area (Å²) >= 11 is 0. The van der Waals surface area contributed by atoms with Crippen LogP contribution < -0.4 is 0 Å². The Balaban J connectivity index is 1.40. The first-order chi connectivity index (χ1) is 14.9. The van der Waals surface area contributed by atoms with Crippen molar-refractivity contribution >= 4 is 15.9 Å². The highest BCUT2D eigenvalue weighted by Crippen LogP contribution is 2.26. The Morgan fingerprint density at radius 2 is 1.68 bits per heavy atom. The summed E-state index contributed by atoms with van der Waals surface area (Å²) in [6.45, 7) is 6.59. The molecule has 0 spiro atoms. The lowest BCUT2D eigenvalue weighted by molar-refractivity contribution is 0.0243. The molecular weight excluding hydrogens is 421 g/mol. The number of halogens is 1. The molecule has 0 unspecified atom stereocenters. The maximum Gasteiger partial charge on any atom is 0.253 e. The van der Waals surface area contributed by atoms with E-state index in [1.807, 2.05) is 0 Å². The SMILES string of the molecule is O=C(c1ccc(F)c(S(=O)(=O)N2CCCCC2)c1)N1CCC(CN2CCOCC2)CC1. The number of sulfonamides is 1. The number of piperidine rings is 2. The van der Waals surface area contributed by atoms with Crippen LogP contribution in [-0.2, 0) is 14.8 Å². The van der Waals surface area contributed by atoms with Crippen molar-refractivity contribution in [2.75, 3.05) is 59.0 Å². The van der Waals surface area contributed by atoms with Gasteiger partial charge in [0.05, 0.1) is 13.2 Å². The number of ether oxygens (including phenoxy) is 1. The minimum atomic E-state index is -3.93. The smallest absolute Gasteiger partial charge is 0.253 e. The number of carbonyl (C=O) groups is 1. The van der Waals surface area contributed by atoms with Crippen molar-refractivity contribution in [2.45, 2.75) is 37.0 Å². The van der Waals surface area contributed by atoms with E-state index >= 15 is 0 Å². The van der Waals surface area contributed by atoms with Gasteiger partial charge in [0, 0.05) is 51.4 Å². The molecule has 0 radical (unpaired) electrons. The monoisotopic (exact) mass is 453 g/mol. The molecule has 3 fully saturated rings. The van der Waals surface area contributed by atoms with Gasteiger partial charge in [0.1, 0.15) is 10.7 Å². The number of hydrogen-bond acceptors (Lipinski definition) is 5. The van der Waals surface area contributed by atoms with Crippen LogP contribution in [0.4, 0.5) is 4.39 Å². The largest absolute Gasteiger partial charge is 0.379 e. The minimum absolute atomic E-state index is 0.222. The van der Waals surface area contributed by atoms with Crippen LogP contribution in [0, 0.1) is 11.7 Å². The predicted molar refractivity (Wildman–Crippen MR) is 115 cm³/mol. The van der Waals surface area contributed by atoms with Crippen molar-refractivity contribution in [3.8, 4) is 0 Å². The number of nitrogens with zero attached hydrogens (tertiary/aromatic N) is 3. The molecule has 0 saturated carbocycles. The van der Waals surface area contributed by atoms with Gasteiger partial charge in [-0.05, 0) is 49.8 Å². The van der Waals surface area contributed by atoms with Gasteiger partial charge in [-0.1, -0.05) is 6.42 Å². The van der Waals surface area contributed by atoms with Gasteiger partial charge in [0.25, 0.3) is 5.91 Å². The maximum absolute atomic E-state index is 14.5. The van der Waals surface area contributed by atoms with Crippen LogP contribution >= 0.6 is 0 Å². The third kappa shape index (κ3) is 5.27. The summed E-state index contributed by atoms with van der Waals surface area (Å²) in [7, 11) is -3.93. The van der Waals surface area contributed by atoms with Gasteiger partial charge in [0.15, 0.2) is 0 Å². The van der Waals surface area contributed by atoms with E-state index in [0.29, 0.717) is 32.1 Å². The van der Waals surface area contributed by atoms with Gasteiger partial charge < -0.3 is 9.64 Å². The summed E-state index contributed by atoms with van der Waals surface area (Å²) in [5, 5.41) is 0. The maximum atomic E-state index is 14.5. The fourth-order valence-electron chi connectivity index (χ4n) is 4.73. The zero-order valence-corrected chi connectivity index (χ0v) is 18.8. The number of morpholine rings is 1. The highest BCUT2D eigenvalue weighted by molar-refractivity contribution is 7.89. The summed E-state index contributed by atoms with van der Waals surface area (Å²) in [5.74, 6) is -0.475. The Kier molecular flexibility index (Phi) is 7.26. The van der Waals surface area contributed by atoms with Gasteiger partial charge in [-0.3, -0.25) is 9.69 Å². The molecule has 0 aromatic heterocycles. The van der Waals surface area contributed by atoms with Crippen LogP contribution in [0.1, 0.15) is 42.5 Å². The number of likely N-dealkylation sites (tertiary alicyclic amines) is 1. The summed E-state index contributed by atoms with van der Waals surface area (Å²) in [5.41, 5.74) is 0.239. The molecule has 0 aliphatic carbocycles. The lowest BCUT2D eigenvalue weighted by Crippen LogP contribution is -2.44. The fraction of sp³-hybridized carbons (Fsp3) is 0.682. The van der Waals surface area contributed by atoms with Crippen molar-refractivity contribution in [2.24, 2.45) is 5.92 Å². The van der Waals surface area contributed by atoms with Crippen molar-refractivity contribution in [3.63, 3.8) is 0 Å². The molecule has 1 amide bonds. The first-order valence-electron chi connectivity index (χ1n) is 11.3. The zero-order chi connectivity index (χ0) is 21.8. The highest BCUT2D eigenvalue weighted by Gasteiger charge is 2.31. The Morgan fingerprint density at radius 1 is 1.00 bits per heavy atom. The molecule has 3 aliphatic heterocycles. The number of carbonyl (C=O) groups excluding carboxylic acids is 1. The minimum Gasteiger partial charge on any atom is -0.379 e. The second-order valence-electron chi connectivity index (χ2n) is 8.76. The molecule has 0 N–H and O–H groups in total. The molecule has 172 valence electrons. The molecule has 31 heavy (non-hydrogen) atoms. The lowest BCUT2D eigenvalue weighted by atomic mass is 9.95. The fourth-order valence-corrected chi connectivity index (χ4v) is 6.34. The molecule has 0 atom stereocenters. The summed E-state index contributed by atoms with van der Waals surface area (Å²) < 4.78 is 47.1. The molecule has 7 nitrogen and oxygen atoms in total. The number of benzene rings is 1. The quantitative estimate of drug-likeness (QED) is 0.684. The summed E-state index contributed by atoms with van der Waals surface area (Å²) in [6.07, 6.45) is 4.37. The van der Waals surface area contributed by atoms with Crippen LogP contribution in [0.2, 0.25) is 0 Å². The van der Waals surface area contributed by atoms with Crippen LogP contribution in [0.5, 0.6) is 0 Å². The molecule has 3 heterocycles. The van der Waals surface area contributed by atoms with Crippen LogP contribution in [-0.4, -0.2) is 87.5 Å². The highest BCUT2D eigenvalue weighted by atomic mass is 32.2. The molecular formula is C22H32FN3O4S. The molecule has 1 aromatic rings. The van der Waals surface area contributed by atoms with E-state index in [2.05, 4.69) is 4.90 Å². The first-order valence-corrected chi connectivity index (χ1v) is 12.8. The van der Waals surface area contributed by atoms with Crippen molar-refractivity contribution in [1.82, 2.24) is 14.1 Å².